The molecule has 0 aliphatic rings. The zero-order valence-electron chi connectivity index (χ0n) is 8.30. The molecule has 0 aromatic carbocycles. The van der Waals surface area contributed by atoms with Gasteiger partial charge in [0, 0.05) is 4.47 Å². The van der Waals surface area contributed by atoms with Gasteiger partial charge in [0.05, 0.1) is 20.8 Å². The minimum atomic E-state index is -0.597. The Morgan fingerprint density at radius 2 is 2.20 bits per heavy atom. The Bertz CT molecular complexity index is 357. The van der Waals surface area contributed by atoms with Gasteiger partial charge in [-0.3, -0.25) is 4.79 Å². The van der Waals surface area contributed by atoms with Crippen LogP contribution in [0.2, 0.25) is 0 Å². The molecule has 6 heteroatoms. The third-order valence-corrected chi connectivity index (χ3v) is 4.97. The average molecular weight is 357 g/mol. The quantitative estimate of drug-likeness (QED) is 0.874. The summed E-state index contributed by atoms with van der Waals surface area (Å²) < 4.78 is 1.74. The van der Waals surface area contributed by atoms with E-state index in [1.807, 2.05) is 0 Å². The molecule has 1 rings (SSSR count). The summed E-state index contributed by atoms with van der Waals surface area (Å²) in [6.07, 6.45) is 0. The molecule has 1 aromatic heterocycles. The number of nitrogens with one attached hydrogen (secondary N) is 1. The number of hydrogen-bond donors (Lipinski definition) is 2. The SMILES string of the molecule is CC(C)(CO)NC(=O)c1cc(Br)c(Br)s1. The van der Waals surface area contributed by atoms with Crippen molar-refractivity contribution in [2.45, 2.75) is 19.4 Å². The van der Waals surface area contributed by atoms with Crippen LogP contribution in [-0.4, -0.2) is 23.2 Å². The van der Waals surface area contributed by atoms with Gasteiger partial charge in [0.15, 0.2) is 0 Å². The number of amides is 1. The second-order valence-corrected chi connectivity index (χ2v) is 6.95. The Kier molecular flexibility index (Phi) is 4.34. The van der Waals surface area contributed by atoms with Crippen LogP contribution in [0.5, 0.6) is 0 Å². The number of aliphatic hydroxyl groups is 1. The van der Waals surface area contributed by atoms with E-state index in [-0.39, 0.29) is 12.5 Å². The van der Waals surface area contributed by atoms with Crippen LogP contribution in [0.25, 0.3) is 0 Å². The van der Waals surface area contributed by atoms with Crippen molar-refractivity contribution in [1.82, 2.24) is 5.32 Å². The van der Waals surface area contributed by atoms with Crippen molar-refractivity contribution < 1.29 is 9.90 Å². The Morgan fingerprint density at radius 1 is 1.60 bits per heavy atom. The number of rotatable bonds is 3. The molecule has 0 unspecified atom stereocenters. The van der Waals surface area contributed by atoms with Gasteiger partial charge in [-0.05, 0) is 51.8 Å². The normalized spacial score (nSPS) is 11.5. The molecule has 1 heterocycles. The summed E-state index contributed by atoms with van der Waals surface area (Å²) in [7, 11) is 0. The molecule has 0 atom stereocenters. The molecule has 0 spiro atoms. The fourth-order valence-corrected chi connectivity index (χ4v) is 2.80. The van der Waals surface area contributed by atoms with Gasteiger partial charge in [0.25, 0.3) is 5.91 Å². The fraction of sp³-hybridized carbons (Fsp3) is 0.444. The van der Waals surface area contributed by atoms with E-state index in [1.54, 1.807) is 19.9 Å². The summed E-state index contributed by atoms with van der Waals surface area (Å²) in [4.78, 5) is 12.3. The maximum Gasteiger partial charge on any atom is 0.261 e. The van der Waals surface area contributed by atoms with Crippen molar-refractivity contribution in [1.29, 1.82) is 0 Å². The smallest absolute Gasteiger partial charge is 0.261 e. The lowest BCUT2D eigenvalue weighted by molar-refractivity contribution is 0.0873. The number of halogens is 2. The Labute approximate surface area is 109 Å². The number of aliphatic hydroxyl groups excluding tert-OH is 1. The lowest BCUT2D eigenvalue weighted by Crippen LogP contribution is -2.46. The lowest BCUT2D eigenvalue weighted by atomic mass is 10.1. The van der Waals surface area contributed by atoms with Crippen molar-refractivity contribution in [3.63, 3.8) is 0 Å². The molecule has 0 bridgehead atoms. The summed E-state index contributed by atoms with van der Waals surface area (Å²) in [5, 5.41) is 11.8. The van der Waals surface area contributed by atoms with Crippen LogP contribution in [0.3, 0.4) is 0 Å². The largest absolute Gasteiger partial charge is 0.394 e. The number of thiophene rings is 1. The Hall–Kier alpha value is 0.0900. The average Bonchev–Trinajstić information content (AvgIpc) is 2.47. The van der Waals surface area contributed by atoms with Gasteiger partial charge >= 0.3 is 0 Å². The lowest BCUT2D eigenvalue weighted by Gasteiger charge is -2.22. The van der Waals surface area contributed by atoms with Crippen LogP contribution in [0.4, 0.5) is 0 Å². The highest BCUT2D eigenvalue weighted by atomic mass is 79.9. The highest BCUT2D eigenvalue weighted by molar-refractivity contribution is 9.13. The molecule has 0 saturated heterocycles. The first-order valence-electron chi connectivity index (χ1n) is 4.24. The number of hydrogen-bond acceptors (Lipinski definition) is 3. The zero-order chi connectivity index (χ0) is 11.6. The maximum absolute atomic E-state index is 11.7. The predicted molar refractivity (Wildman–Crippen MR) is 68.4 cm³/mol. The summed E-state index contributed by atoms with van der Waals surface area (Å²) in [5.41, 5.74) is -0.597. The topological polar surface area (TPSA) is 49.3 Å². The molecule has 0 aliphatic carbocycles. The van der Waals surface area contributed by atoms with Crippen LogP contribution >= 0.6 is 43.2 Å². The highest BCUT2D eigenvalue weighted by Gasteiger charge is 2.21. The van der Waals surface area contributed by atoms with Crippen molar-refractivity contribution in [2.24, 2.45) is 0 Å². The van der Waals surface area contributed by atoms with E-state index in [9.17, 15) is 4.79 Å². The Balaban J connectivity index is 2.78. The molecule has 0 aliphatic heterocycles. The van der Waals surface area contributed by atoms with Crippen molar-refractivity contribution >= 4 is 49.1 Å². The molecule has 0 saturated carbocycles. The third-order valence-electron chi connectivity index (χ3n) is 1.72. The van der Waals surface area contributed by atoms with E-state index in [4.69, 9.17) is 5.11 Å². The minimum absolute atomic E-state index is 0.0908. The number of carbonyl (C=O) groups excluding carboxylic acids is 1. The molecule has 0 radical (unpaired) electrons. The standard InChI is InChI=1S/C9H11Br2NO2S/c1-9(2,4-13)12-8(14)6-3-5(10)7(11)15-6/h3,13H,4H2,1-2H3,(H,12,14). The maximum atomic E-state index is 11.7. The van der Waals surface area contributed by atoms with Crippen LogP contribution < -0.4 is 5.32 Å². The Morgan fingerprint density at radius 3 is 2.60 bits per heavy atom. The van der Waals surface area contributed by atoms with Crippen LogP contribution in [-0.2, 0) is 0 Å². The van der Waals surface area contributed by atoms with Crippen LogP contribution in [0.15, 0.2) is 14.3 Å². The van der Waals surface area contributed by atoms with E-state index >= 15 is 0 Å². The monoisotopic (exact) mass is 355 g/mol. The molecule has 1 amide bonds. The van der Waals surface area contributed by atoms with Crippen LogP contribution in [0.1, 0.15) is 23.5 Å². The summed E-state index contributed by atoms with van der Waals surface area (Å²) in [6, 6.07) is 1.75. The van der Waals surface area contributed by atoms with Crippen molar-refractivity contribution in [3.05, 3.63) is 19.2 Å². The van der Waals surface area contributed by atoms with Crippen molar-refractivity contribution in [2.75, 3.05) is 6.61 Å². The molecule has 15 heavy (non-hydrogen) atoms. The van der Waals surface area contributed by atoms with E-state index in [1.165, 1.54) is 11.3 Å². The minimum Gasteiger partial charge on any atom is -0.394 e. The van der Waals surface area contributed by atoms with E-state index in [0.717, 1.165) is 8.26 Å². The van der Waals surface area contributed by atoms with E-state index < -0.39 is 5.54 Å². The van der Waals surface area contributed by atoms with Gasteiger partial charge in [-0.1, -0.05) is 0 Å². The summed E-state index contributed by atoms with van der Waals surface area (Å²) in [6.45, 7) is 3.44. The zero-order valence-corrected chi connectivity index (χ0v) is 12.3. The van der Waals surface area contributed by atoms with Crippen molar-refractivity contribution in [3.8, 4) is 0 Å². The van der Waals surface area contributed by atoms with Gasteiger partial charge in [-0.2, -0.15) is 0 Å². The second kappa shape index (κ2) is 4.95. The number of carbonyl (C=O) groups is 1. The van der Waals surface area contributed by atoms with Gasteiger partial charge in [-0.15, -0.1) is 11.3 Å². The van der Waals surface area contributed by atoms with Gasteiger partial charge in [0.2, 0.25) is 0 Å². The first-order valence-corrected chi connectivity index (χ1v) is 6.64. The van der Waals surface area contributed by atoms with Gasteiger partial charge < -0.3 is 10.4 Å². The molecule has 0 fully saturated rings. The first-order chi connectivity index (χ1) is 6.85. The summed E-state index contributed by atoms with van der Waals surface area (Å²) in [5.74, 6) is -0.176. The van der Waals surface area contributed by atoms with Gasteiger partial charge in [-0.25, -0.2) is 0 Å². The third kappa shape index (κ3) is 3.55. The molecular formula is C9H11Br2NO2S. The molecule has 2 N–H and O–H groups in total. The van der Waals surface area contributed by atoms with E-state index in [2.05, 4.69) is 37.2 Å². The summed E-state index contributed by atoms with van der Waals surface area (Å²) >= 11 is 7.99. The fourth-order valence-electron chi connectivity index (χ4n) is 0.867. The highest BCUT2D eigenvalue weighted by Crippen LogP contribution is 2.32. The molecule has 3 nitrogen and oxygen atoms in total. The first kappa shape index (κ1) is 13.2. The molecular weight excluding hydrogens is 346 g/mol. The molecule has 1 aromatic rings. The van der Waals surface area contributed by atoms with Gasteiger partial charge in [0.1, 0.15) is 0 Å². The second-order valence-electron chi connectivity index (χ2n) is 3.73. The van der Waals surface area contributed by atoms with E-state index in [0.29, 0.717) is 4.88 Å². The molecule has 84 valence electrons. The van der Waals surface area contributed by atoms with Crippen LogP contribution in [0, 0.1) is 0 Å². The predicted octanol–water partition coefficient (Wildman–Crippen LogP) is 2.77.